The van der Waals surface area contributed by atoms with Gasteiger partial charge in [0.25, 0.3) is 0 Å². The number of rotatable bonds is 10. The number of carbonyl (C=O) groups excluding carboxylic acids is 1. The second-order valence-electron chi connectivity index (χ2n) is 8.64. The van der Waals surface area contributed by atoms with E-state index >= 15 is 0 Å². The van der Waals surface area contributed by atoms with Crippen molar-refractivity contribution in [3.8, 4) is 0 Å². The van der Waals surface area contributed by atoms with E-state index in [1.807, 2.05) is 67.4 Å². The third-order valence-corrected chi connectivity index (χ3v) is 6.03. The lowest BCUT2D eigenvalue weighted by molar-refractivity contribution is -0.111. The number of aromatic carboxylic acids is 1. The van der Waals surface area contributed by atoms with Gasteiger partial charge >= 0.3 is 5.97 Å². The molecule has 0 bridgehead atoms. The van der Waals surface area contributed by atoms with Gasteiger partial charge in [0.1, 0.15) is 5.82 Å². The van der Waals surface area contributed by atoms with Gasteiger partial charge in [-0.15, -0.1) is 5.10 Å². The number of aryl methyl sites for hydroxylation is 1. The molecule has 0 aliphatic carbocycles. The summed E-state index contributed by atoms with van der Waals surface area (Å²) < 4.78 is 0. The van der Waals surface area contributed by atoms with Gasteiger partial charge in [-0.25, -0.2) is 9.89 Å². The third kappa shape index (κ3) is 6.12. The number of benzene rings is 3. The summed E-state index contributed by atoms with van der Waals surface area (Å²) in [5.41, 5.74) is 2.77. The number of nitrogens with zero attached hydrogens (tertiary/aromatic N) is 4. The molecule has 1 amide bonds. The first-order valence-electron chi connectivity index (χ1n) is 11.7. The molecule has 4 aromatic rings. The lowest BCUT2D eigenvalue weighted by Gasteiger charge is -2.20. The van der Waals surface area contributed by atoms with Crippen molar-refractivity contribution >= 4 is 39.6 Å². The number of hydrogen-bond acceptors (Lipinski definition) is 6. The first kappa shape index (κ1) is 24.6. The average Bonchev–Trinajstić information content (AvgIpc) is 3.40. The van der Waals surface area contributed by atoms with E-state index in [4.69, 9.17) is 0 Å². The zero-order valence-corrected chi connectivity index (χ0v) is 20.2. The Kier molecular flexibility index (Phi) is 7.69. The summed E-state index contributed by atoms with van der Waals surface area (Å²) in [5, 5.41) is 28.4. The number of anilines is 2. The highest BCUT2D eigenvalue weighted by molar-refractivity contribution is 6.07. The topological polar surface area (TPSA) is 124 Å². The number of carboxylic acid groups (broad SMARTS) is 1. The van der Waals surface area contributed by atoms with Crippen LogP contribution in [0, 0.1) is 0 Å². The first-order valence-corrected chi connectivity index (χ1v) is 11.7. The largest absolute Gasteiger partial charge is 0.478 e. The number of tetrazole rings is 1. The number of hydrogen-bond donors (Lipinski definition) is 3. The van der Waals surface area contributed by atoms with Gasteiger partial charge in [-0.3, -0.25) is 4.79 Å². The van der Waals surface area contributed by atoms with E-state index in [0.717, 1.165) is 59.2 Å². The summed E-state index contributed by atoms with van der Waals surface area (Å²) >= 11 is 0. The standard InChI is InChI=1S/C27H28N6O3/c1-18(20-11-10-19-7-3-4-8-21(19)16-20)15-26(34)28-24-13-12-22(17-23(24)27(35)36)33(2)14-6-5-9-25-29-31-32-30-25/h3-4,7-8,10-13,15-17H,5-6,9,14H2,1-2H3,(H,28,34)(H,35,36)(H,29,30,31,32)/b18-15-. The Labute approximate surface area is 208 Å². The number of H-pyrrole nitrogens is 1. The molecule has 0 saturated heterocycles. The molecule has 4 rings (SSSR count). The van der Waals surface area contributed by atoms with Gasteiger partial charge in [-0.05, 0) is 76.4 Å². The quantitative estimate of drug-likeness (QED) is 0.223. The Morgan fingerprint density at radius 1 is 1.06 bits per heavy atom. The van der Waals surface area contributed by atoms with Crippen LogP contribution in [0.3, 0.4) is 0 Å². The Morgan fingerprint density at radius 3 is 2.61 bits per heavy atom. The molecule has 0 radical (unpaired) electrons. The third-order valence-electron chi connectivity index (χ3n) is 6.03. The van der Waals surface area contributed by atoms with Gasteiger partial charge in [0.2, 0.25) is 5.91 Å². The summed E-state index contributed by atoms with van der Waals surface area (Å²) in [6.07, 6.45) is 4.01. The van der Waals surface area contributed by atoms with Gasteiger partial charge in [0.05, 0.1) is 11.3 Å². The van der Waals surface area contributed by atoms with Crippen molar-refractivity contribution < 1.29 is 14.7 Å². The van der Waals surface area contributed by atoms with Crippen LogP contribution in [0.2, 0.25) is 0 Å². The minimum Gasteiger partial charge on any atom is -0.478 e. The van der Waals surface area contributed by atoms with Crippen LogP contribution >= 0.6 is 0 Å². The highest BCUT2D eigenvalue weighted by atomic mass is 16.4. The van der Waals surface area contributed by atoms with Gasteiger partial charge in [-0.2, -0.15) is 0 Å². The molecular weight excluding hydrogens is 456 g/mol. The molecule has 0 spiro atoms. The SMILES string of the molecule is C/C(=C/C(=O)Nc1ccc(N(C)CCCCc2nnn[nH]2)cc1C(=O)O)c1ccc2ccccc2c1. The fraction of sp³-hybridized carbons (Fsp3) is 0.222. The summed E-state index contributed by atoms with van der Waals surface area (Å²) in [4.78, 5) is 26.6. The molecule has 1 heterocycles. The lowest BCUT2D eigenvalue weighted by Crippen LogP contribution is -2.20. The van der Waals surface area contributed by atoms with Crippen LogP contribution in [0.1, 0.15) is 41.5 Å². The predicted octanol–water partition coefficient (Wildman–Crippen LogP) is 4.55. The van der Waals surface area contributed by atoms with Gasteiger partial charge in [-0.1, -0.05) is 36.4 Å². The predicted molar refractivity (Wildman–Crippen MR) is 140 cm³/mol. The number of fused-ring (bicyclic) bond motifs is 1. The van der Waals surface area contributed by atoms with Crippen LogP contribution in [-0.2, 0) is 11.2 Å². The number of unbranched alkanes of at least 4 members (excludes halogenated alkanes) is 1. The van der Waals surface area contributed by atoms with E-state index in [1.165, 1.54) is 6.08 Å². The van der Waals surface area contributed by atoms with Crippen LogP contribution in [-0.4, -0.2) is 51.2 Å². The minimum atomic E-state index is -1.10. The number of carboxylic acids is 1. The van der Waals surface area contributed by atoms with Crippen molar-refractivity contribution in [2.24, 2.45) is 0 Å². The van der Waals surface area contributed by atoms with Crippen molar-refractivity contribution in [1.29, 1.82) is 0 Å². The molecule has 0 fully saturated rings. The van der Waals surface area contributed by atoms with Crippen LogP contribution in [0.4, 0.5) is 11.4 Å². The average molecular weight is 485 g/mol. The zero-order valence-electron chi connectivity index (χ0n) is 20.2. The molecule has 0 atom stereocenters. The van der Waals surface area contributed by atoms with E-state index in [2.05, 4.69) is 25.9 Å². The normalized spacial score (nSPS) is 11.4. The van der Waals surface area contributed by atoms with E-state index in [9.17, 15) is 14.7 Å². The maximum Gasteiger partial charge on any atom is 0.337 e. The summed E-state index contributed by atoms with van der Waals surface area (Å²) in [6, 6.07) is 19.1. The number of carbonyl (C=O) groups is 2. The van der Waals surface area contributed by atoms with Gasteiger partial charge in [0.15, 0.2) is 0 Å². The Bertz CT molecular complexity index is 1400. The molecule has 36 heavy (non-hydrogen) atoms. The van der Waals surface area contributed by atoms with Gasteiger partial charge in [0, 0.05) is 31.8 Å². The van der Waals surface area contributed by atoms with Crippen molar-refractivity contribution in [2.75, 3.05) is 23.8 Å². The second kappa shape index (κ2) is 11.3. The van der Waals surface area contributed by atoms with E-state index in [-0.39, 0.29) is 17.2 Å². The maximum absolute atomic E-state index is 12.7. The number of allylic oxidation sites excluding steroid dienone is 1. The minimum absolute atomic E-state index is 0.0391. The Hall–Kier alpha value is -4.53. The highest BCUT2D eigenvalue weighted by Gasteiger charge is 2.15. The highest BCUT2D eigenvalue weighted by Crippen LogP contribution is 2.25. The first-order chi connectivity index (χ1) is 17.4. The van der Waals surface area contributed by atoms with E-state index in [1.54, 1.807) is 12.1 Å². The van der Waals surface area contributed by atoms with E-state index < -0.39 is 5.97 Å². The molecule has 0 saturated carbocycles. The number of amides is 1. The molecule has 184 valence electrons. The van der Waals surface area contributed by atoms with Crippen molar-refractivity contribution in [1.82, 2.24) is 20.6 Å². The second-order valence-corrected chi connectivity index (χ2v) is 8.64. The smallest absolute Gasteiger partial charge is 0.337 e. The fourth-order valence-corrected chi connectivity index (χ4v) is 3.99. The molecule has 9 heteroatoms. The summed E-state index contributed by atoms with van der Waals surface area (Å²) in [7, 11) is 1.91. The molecular formula is C27H28N6O3. The molecule has 0 aliphatic rings. The molecule has 3 N–H and O–H groups in total. The summed E-state index contributed by atoms with van der Waals surface area (Å²) in [6.45, 7) is 2.60. The van der Waals surface area contributed by atoms with Crippen LogP contribution in [0.25, 0.3) is 16.3 Å². The molecule has 3 aromatic carbocycles. The molecule has 1 aromatic heterocycles. The number of aromatic nitrogens is 4. The lowest BCUT2D eigenvalue weighted by atomic mass is 10.0. The zero-order chi connectivity index (χ0) is 25.5. The van der Waals surface area contributed by atoms with Crippen molar-refractivity contribution in [2.45, 2.75) is 26.2 Å². The fourth-order valence-electron chi connectivity index (χ4n) is 3.99. The molecule has 0 aliphatic heterocycles. The van der Waals surface area contributed by atoms with Crippen LogP contribution < -0.4 is 10.2 Å². The van der Waals surface area contributed by atoms with Crippen molar-refractivity contribution in [3.05, 3.63) is 83.7 Å². The Balaban J connectivity index is 1.41. The van der Waals surface area contributed by atoms with Crippen LogP contribution in [0.5, 0.6) is 0 Å². The van der Waals surface area contributed by atoms with Crippen molar-refractivity contribution in [3.63, 3.8) is 0 Å². The number of nitrogens with one attached hydrogen (secondary N) is 2. The monoisotopic (exact) mass is 484 g/mol. The van der Waals surface area contributed by atoms with E-state index in [0.29, 0.717) is 0 Å². The van der Waals surface area contributed by atoms with Gasteiger partial charge < -0.3 is 15.3 Å². The maximum atomic E-state index is 12.7. The molecule has 0 unspecified atom stereocenters. The Morgan fingerprint density at radius 2 is 1.86 bits per heavy atom. The molecule has 9 nitrogen and oxygen atoms in total. The number of aromatic amines is 1. The van der Waals surface area contributed by atoms with Crippen LogP contribution in [0.15, 0.2) is 66.7 Å². The summed E-state index contributed by atoms with van der Waals surface area (Å²) in [5.74, 6) is -0.740.